The molecule has 3 aromatic heterocycles. The minimum atomic E-state index is -1.68. The lowest BCUT2D eigenvalue weighted by molar-refractivity contribution is -0.148. The Morgan fingerprint density at radius 3 is 1.97 bits per heavy atom. The van der Waals surface area contributed by atoms with Crippen LogP contribution in [0.4, 0.5) is 0 Å². The molecule has 4 aromatic rings. The Morgan fingerprint density at radius 1 is 0.872 bits per heavy atom. The first kappa shape index (κ1) is 27.5. The molecular weight excluding hydrogens is 547 g/mol. The Bertz CT molecular complexity index is 1500. The third-order valence-corrected chi connectivity index (χ3v) is 10.7. The lowest BCUT2D eigenvalue weighted by atomic mass is 9.72. The number of ketones is 1. The highest BCUT2D eigenvalue weighted by atomic mass is 32.1. The van der Waals surface area contributed by atoms with E-state index in [1.54, 1.807) is 25.1 Å². The van der Waals surface area contributed by atoms with Crippen molar-refractivity contribution in [2.45, 2.75) is 57.5 Å². The number of hydrogen-bond acceptors (Lipinski definition) is 6. The van der Waals surface area contributed by atoms with Crippen LogP contribution in [0.25, 0.3) is 0 Å². The van der Waals surface area contributed by atoms with Crippen LogP contribution in [0.5, 0.6) is 0 Å². The van der Waals surface area contributed by atoms with Gasteiger partial charge in [0.05, 0.1) is 21.7 Å². The molecule has 1 aliphatic rings. The number of Topliss-reactive ketones (excluding diaryl/α,β-unsaturated/α-hetero) is 1. The summed E-state index contributed by atoms with van der Waals surface area (Å²) in [5.41, 5.74) is 1.02. The largest absolute Gasteiger partial charge is 0.479 e. The molecule has 1 saturated heterocycles. The number of nitrogens with zero attached hydrogens (tertiary/aromatic N) is 1. The number of likely N-dealkylation sites (tertiary alicyclic amines) is 1. The van der Waals surface area contributed by atoms with Gasteiger partial charge in [-0.1, -0.05) is 57.2 Å². The average molecular weight is 578 g/mol. The van der Waals surface area contributed by atoms with Crippen LogP contribution >= 0.6 is 34.0 Å². The van der Waals surface area contributed by atoms with Gasteiger partial charge in [0.15, 0.2) is 5.78 Å². The highest BCUT2D eigenvalue weighted by Gasteiger charge is 2.65. The van der Waals surface area contributed by atoms with Crippen LogP contribution in [-0.4, -0.2) is 33.2 Å². The van der Waals surface area contributed by atoms with Gasteiger partial charge in [-0.25, -0.2) is 4.79 Å². The van der Waals surface area contributed by atoms with Gasteiger partial charge in [-0.2, -0.15) is 0 Å². The van der Waals surface area contributed by atoms with E-state index >= 15 is 0 Å². The van der Waals surface area contributed by atoms with Gasteiger partial charge in [-0.3, -0.25) is 9.59 Å². The molecule has 39 heavy (non-hydrogen) atoms. The molecule has 0 spiro atoms. The maximum absolute atomic E-state index is 14.4. The fourth-order valence-electron chi connectivity index (χ4n) is 5.79. The SMILES string of the molecule is Cc1ccsc1C1C(C(=O)c2cccs2)C(c2ccc(C(C)(C)C)cc2)C(C)(C(=O)O)N1C(=O)c1cccs1. The smallest absolute Gasteiger partial charge is 0.330 e. The van der Waals surface area contributed by atoms with Crippen molar-refractivity contribution in [1.82, 2.24) is 4.90 Å². The second kappa shape index (κ2) is 10.2. The summed E-state index contributed by atoms with van der Waals surface area (Å²) >= 11 is 4.09. The summed E-state index contributed by atoms with van der Waals surface area (Å²) in [6.07, 6.45) is 0. The molecule has 1 aromatic carbocycles. The molecule has 4 atom stereocenters. The van der Waals surface area contributed by atoms with E-state index in [1.807, 2.05) is 59.5 Å². The van der Waals surface area contributed by atoms with E-state index in [1.165, 1.54) is 38.9 Å². The molecule has 4 unspecified atom stereocenters. The minimum absolute atomic E-state index is 0.0890. The quantitative estimate of drug-likeness (QED) is 0.237. The number of aryl methyl sites for hydroxylation is 1. The molecule has 202 valence electrons. The summed E-state index contributed by atoms with van der Waals surface area (Å²) < 4.78 is 0. The predicted molar refractivity (Wildman–Crippen MR) is 158 cm³/mol. The molecular formula is C31H31NO4S3. The van der Waals surface area contributed by atoms with Gasteiger partial charge in [0.25, 0.3) is 5.91 Å². The number of carboxylic acid groups (broad SMARTS) is 1. The van der Waals surface area contributed by atoms with Crippen LogP contribution in [0.15, 0.2) is 70.7 Å². The summed E-state index contributed by atoms with van der Waals surface area (Å²) in [7, 11) is 0. The molecule has 0 saturated carbocycles. The van der Waals surface area contributed by atoms with Crippen molar-refractivity contribution in [3.8, 4) is 0 Å². The average Bonchev–Trinajstić information content (AvgIpc) is 3.69. The summed E-state index contributed by atoms with van der Waals surface area (Å²) in [6, 6.07) is 16.3. The first-order chi connectivity index (χ1) is 18.5. The van der Waals surface area contributed by atoms with Crippen molar-refractivity contribution in [3.05, 3.63) is 102 Å². The van der Waals surface area contributed by atoms with Crippen molar-refractivity contribution >= 4 is 51.7 Å². The van der Waals surface area contributed by atoms with Crippen LogP contribution in [0, 0.1) is 12.8 Å². The Labute approximate surface area is 240 Å². The van der Waals surface area contributed by atoms with Crippen molar-refractivity contribution in [1.29, 1.82) is 0 Å². The van der Waals surface area contributed by atoms with E-state index in [4.69, 9.17) is 0 Å². The predicted octanol–water partition coefficient (Wildman–Crippen LogP) is 7.80. The van der Waals surface area contributed by atoms with E-state index in [0.29, 0.717) is 9.75 Å². The third-order valence-electron chi connectivity index (χ3n) is 7.84. The topological polar surface area (TPSA) is 74.7 Å². The zero-order valence-corrected chi connectivity index (χ0v) is 25.0. The van der Waals surface area contributed by atoms with Gasteiger partial charge >= 0.3 is 5.97 Å². The standard InChI is InChI=1S/C31H31NO4S3/c1-18-14-17-39-27(18)25-23(26(33)21-8-6-15-37-21)24(19-10-12-20(13-11-19)30(2,3)4)31(5,29(35)36)32(25)28(34)22-9-7-16-38-22/h6-17,23-25H,1-5H3,(H,35,36). The van der Waals surface area contributed by atoms with Crippen molar-refractivity contribution in [2.75, 3.05) is 0 Å². The maximum atomic E-state index is 14.4. The normalized spacial score (nSPS) is 23.2. The molecule has 0 bridgehead atoms. The van der Waals surface area contributed by atoms with Gasteiger partial charge in [0.2, 0.25) is 0 Å². The maximum Gasteiger partial charge on any atom is 0.330 e. The highest BCUT2D eigenvalue weighted by molar-refractivity contribution is 7.12. The molecule has 1 N–H and O–H groups in total. The summed E-state index contributed by atoms with van der Waals surface area (Å²) in [5.74, 6) is -3.19. The molecule has 0 aliphatic carbocycles. The van der Waals surface area contributed by atoms with Crippen molar-refractivity contribution < 1.29 is 19.5 Å². The number of carbonyl (C=O) groups is 3. The number of amides is 1. The zero-order chi connectivity index (χ0) is 28.1. The number of benzene rings is 1. The van der Waals surface area contributed by atoms with Crippen LogP contribution in [0.2, 0.25) is 0 Å². The Hall–Kier alpha value is -3.07. The van der Waals surface area contributed by atoms with Gasteiger partial charge in [-0.05, 0) is 70.3 Å². The summed E-state index contributed by atoms with van der Waals surface area (Å²) in [5, 5.41) is 16.5. The Balaban J connectivity index is 1.80. The first-order valence-electron chi connectivity index (χ1n) is 12.8. The first-order valence-corrected chi connectivity index (χ1v) is 15.4. The monoisotopic (exact) mass is 577 g/mol. The lowest BCUT2D eigenvalue weighted by Gasteiger charge is -2.37. The molecule has 5 nitrogen and oxygen atoms in total. The molecule has 4 heterocycles. The van der Waals surface area contributed by atoms with E-state index in [0.717, 1.165) is 21.6 Å². The molecule has 0 radical (unpaired) electrons. The van der Waals surface area contributed by atoms with Gasteiger partial charge in [0.1, 0.15) is 5.54 Å². The van der Waals surface area contributed by atoms with Crippen molar-refractivity contribution in [2.24, 2.45) is 5.92 Å². The van der Waals surface area contributed by atoms with E-state index in [-0.39, 0.29) is 17.1 Å². The summed E-state index contributed by atoms with van der Waals surface area (Å²) in [4.78, 5) is 45.4. The Kier molecular flexibility index (Phi) is 7.16. The highest BCUT2D eigenvalue weighted by Crippen LogP contribution is 2.58. The number of aliphatic carboxylic acids is 1. The number of rotatable bonds is 6. The van der Waals surface area contributed by atoms with E-state index in [9.17, 15) is 19.5 Å². The van der Waals surface area contributed by atoms with Crippen molar-refractivity contribution in [3.63, 3.8) is 0 Å². The molecule has 1 fully saturated rings. The second-order valence-corrected chi connectivity index (χ2v) is 14.1. The second-order valence-electron chi connectivity index (χ2n) is 11.2. The third kappa shape index (κ3) is 4.58. The number of carboxylic acids is 1. The number of carbonyl (C=O) groups excluding carboxylic acids is 2. The van der Waals surface area contributed by atoms with Gasteiger partial charge < -0.3 is 10.0 Å². The summed E-state index contributed by atoms with van der Waals surface area (Å²) in [6.45, 7) is 9.94. The molecule has 8 heteroatoms. The number of thiophene rings is 3. The van der Waals surface area contributed by atoms with Gasteiger partial charge in [-0.15, -0.1) is 34.0 Å². The zero-order valence-electron chi connectivity index (χ0n) is 22.5. The molecule has 1 amide bonds. The van der Waals surface area contributed by atoms with E-state index < -0.39 is 29.4 Å². The van der Waals surface area contributed by atoms with Crippen LogP contribution in [-0.2, 0) is 10.2 Å². The fraction of sp³-hybridized carbons (Fsp3) is 0.323. The molecule has 1 aliphatic heterocycles. The fourth-order valence-corrected chi connectivity index (χ4v) is 8.23. The van der Waals surface area contributed by atoms with Crippen LogP contribution < -0.4 is 0 Å². The van der Waals surface area contributed by atoms with Gasteiger partial charge in [0, 0.05) is 10.8 Å². The number of hydrogen-bond donors (Lipinski definition) is 1. The van der Waals surface area contributed by atoms with Crippen LogP contribution in [0.3, 0.4) is 0 Å². The minimum Gasteiger partial charge on any atom is -0.479 e. The van der Waals surface area contributed by atoms with Crippen LogP contribution in [0.1, 0.15) is 80.6 Å². The lowest BCUT2D eigenvalue weighted by Crippen LogP contribution is -2.54. The van der Waals surface area contributed by atoms with E-state index in [2.05, 4.69) is 20.8 Å². The Morgan fingerprint density at radius 2 is 1.49 bits per heavy atom. The molecule has 5 rings (SSSR count).